The van der Waals surface area contributed by atoms with Crippen molar-refractivity contribution in [3.63, 3.8) is 0 Å². The molecule has 19 heavy (non-hydrogen) atoms. The van der Waals surface area contributed by atoms with Crippen molar-refractivity contribution >= 4 is 5.91 Å². The van der Waals surface area contributed by atoms with Crippen molar-refractivity contribution in [2.24, 2.45) is 0 Å². The van der Waals surface area contributed by atoms with Crippen LogP contribution in [0.1, 0.15) is 35.4 Å². The Hall–Kier alpha value is -1.33. The van der Waals surface area contributed by atoms with Crippen molar-refractivity contribution in [3.05, 3.63) is 23.7 Å². The normalized spacial score (nSPS) is 16.5. The van der Waals surface area contributed by atoms with Gasteiger partial charge >= 0.3 is 0 Å². The molecule has 0 aromatic carbocycles. The van der Waals surface area contributed by atoms with E-state index < -0.39 is 0 Å². The Balaban J connectivity index is 1.56. The van der Waals surface area contributed by atoms with E-state index in [0.29, 0.717) is 25.0 Å². The highest BCUT2D eigenvalue weighted by Gasteiger charge is 2.13. The fourth-order valence-electron chi connectivity index (χ4n) is 2.17. The van der Waals surface area contributed by atoms with Gasteiger partial charge in [0.05, 0.1) is 12.4 Å². The quantitative estimate of drug-likeness (QED) is 0.765. The van der Waals surface area contributed by atoms with Crippen molar-refractivity contribution < 1.29 is 13.9 Å². The molecule has 1 aliphatic rings. The SMILES string of the molecule is Cc1ccoc1C(=O)NCCCOC1CCNCC1. The molecule has 2 rings (SSSR count). The molecule has 0 saturated carbocycles. The summed E-state index contributed by atoms with van der Waals surface area (Å²) in [4.78, 5) is 11.7. The zero-order valence-electron chi connectivity index (χ0n) is 11.4. The fourth-order valence-corrected chi connectivity index (χ4v) is 2.17. The molecule has 0 aliphatic carbocycles. The molecule has 0 atom stereocenters. The van der Waals surface area contributed by atoms with Gasteiger partial charge in [-0.1, -0.05) is 0 Å². The molecule has 2 heterocycles. The van der Waals surface area contributed by atoms with E-state index >= 15 is 0 Å². The van der Waals surface area contributed by atoms with E-state index in [9.17, 15) is 4.79 Å². The van der Waals surface area contributed by atoms with Gasteiger partial charge in [0.2, 0.25) is 0 Å². The summed E-state index contributed by atoms with van der Waals surface area (Å²) in [7, 11) is 0. The van der Waals surface area contributed by atoms with Crippen molar-refractivity contribution in [2.75, 3.05) is 26.2 Å². The van der Waals surface area contributed by atoms with E-state index in [1.807, 2.05) is 6.92 Å². The number of carbonyl (C=O) groups is 1. The van der Waals surface area contributed by atoms with Crippen LogP contribution in [0, 0.1) is 6.92 Å². The lowest BCUT2D eigenvalue weighted by molar-refractivity contribution is 0.0317. The van der Waals surface area contributed by atoms with Crippen molar-refractivity contribution in [3.8, 4) is 0 Å². The highest BCUT2D eigenvalue weighted by molar-refractivity contribution is 5.92. The number of carbonyl (C=O) groups excluding carboxylic acids is 1. The molecule has 0 unspecified atom stereocenters. The Morgan fingerprint density at radius 1 is 1.53 bits per heavy atom. The molecule has 1 fully saturated rings. The maximum atomic E-state index is 11.7. The van der Waals surface area contributed by atoms with Gasteiger partial charge in [-0.2, -0.15) is 0 Å². The van der Waals surface area contributed by atoms with Gasteiger partial charge in [0.1, 0.15) is 0 Å². The minimum atomic E-state index is -0.149. The Bertz CT molecular complexity index is 397. The van der Waals surface area contributed by atoms with Crippen LogP contribution in [0.25, 0.3) is 0 Å². The molecule has 0 radical (unpaired) electrons. The lowest BCUT2D eigenvalue weighted by Crippen LogP contribution is -2.33. The standard InChI is InChI=1S/C14H22N2O3/c1-11-5-10-19-13(11)14(17)16-6-2-9-18-12-3-7-15-8-4-12/h5,10,12,15H,2-4,6-9H2,1H3,(H,16,17). The predicted octanol–water partition coefficient (Wildman–Crippen LogP) is 1.48. The van der Waals surface area contributed by atoms with E-state index in [-0.39, 0.29) is 5.91 Å². The minimum Gasteiger partial charge on any atom is -0.459 e. The summed E-state index contributed by atoms with van der Waals surface area (Å²) >= 11 is 0. The zero-order chi connectivity index (χ0) is 13.5. The van der Waals surface area contributed by atoms with E-state index in [2.05, 4.69) is 10.6 Å². The number of nitrogens with one attached hydrogen (secondary N) is 2. The molecule has 106 valence electrons. The molecule has 1 aliphatic heterocycles. The Morgan fingerprint density at radius 2 is 2.32 bits per heavy atom. The summed E-state index contributed by atoms with van der Waals surface area (Å²) in [5, 5.41) is 6.14. The molecule has 1 aromatic heterocycles. The van der Waals surface area contributed by atoms with E-state index in [0.717, 1.165) is 37.9 Å². The molecular weight excluding hydrogens is 244 g/mol. The van der Waals surface area contributed by atoms with Crippen LogP contribution in [-0.2, 0) is 4.74 Å². The predicted molar refractivity (Wildman–Crippen MR) is 72.2 cm³/mol. The number of furan rings is 1. The average molecular weight is 266 g/mol. The van der Waals surface area contributed by atoms with Gasteiger partial charge in [0, 0.05) is 18.7 Å². The number of aryl methyl sites for hydroxylation is 1. The fraction of sp³-hybridized carbons (Fsp3) is 0.643. The van der Waals surface area contributed by atoms with Gasteiger partial charge in [0.15, 0.2) is 5.76 Å². The van der Waals surface area contributed by atoms with E-state index in [1.54, 1.807) is 6.07 Å². The van der Waals surface area contributed by atoms with E-state index in [1.165, 1.54) is 6.26 Å². The van der Waals surface area contributed by atoms with Crippen LogP contribution in [0.3, 0.4) is 0 Å². The van der Waals surface area contributed by atoms with Crippen molar-refractivity contribution in [1.82, 2.24) is 10.6 Å². The Labute approximate surface area is 113 Å². The third-order valence-electron chi connectivity index (χ3n) is 3.31. The maximum Gasteiger partial charge on any atom is 0.287 e. The van der Waals surface area contributed by atoms with Crippen LogP contribution in [0.4, 0.5) is 0 Å². The van der Waals surface area contributed by atoms with Crippen LogP contribution < -0.4 is 10.6 Å². The number of amides is 1. The molecule has 0 bridgehead atoms. The summed E-state index contributed by atoms with van der Waals surface area (Å²) in [5.41, 5.74) is 0.864. The van der Waals surface area contributed by atoms with Gasteiger partial charge < -0.3 is 19.8 Å². The molecule has 5 nitrogen and oxygen atoms in total. The third kappa shape index (κ3) is 4.36. The van der Waals surface area contributed by atoms with Crippen LogP contribution in [0.15, 0.2) is 16.7 Å². The number of hydrogen-bond donors (Lipinski definition) is 2. The first-order valence-electron chi connectivity index (χ1n) is 6.92. The van der Waals surface area contributed by atoms with Crippen LogP contribution in [-0.4, -0.2) is 38.3 Å². The zero-order valence-corrected chi connectivity index (χ0v) is 11.4. The van der Waals surface area contributed by atoms with E-state index in [4.69, 9.17) is 9.15 Å². The number of piperidine rings is 1. The summed E-state index contributed by atoms with van der Waals surface area (Å²) in [5.74, 6) is 0.253. The van der Waals surface area contributed by atoms with Gasteiger partial charge in [-0.15, -0.1) is 0 Å². The average Bonchev–Trinajstić information content (AvgIpc) is 2.86. The topological polar surface area (TPSA) is 63.5 Å². The summed E-state index contributed by atoms with van der Waals surface area (Å²) in [6.45, 7) is 5.25. The lowest BCUT2D eigenvalue weighted by atomic mass is 10.1. The summed E-state index contributed by atoms with van der Waals surface area (Å²) in [6.07, 6.45) is 4.90. The Kier molecular flexibility index (Phi) is 5.42. The van der Waals surface area contributed by atoms with Gasteiger partial charge in [-0.05, 0) is 45.3 Å². The second kappa shape index (κ2) is 7.31. The number of hydrogen-bond acceptors (Lipinski definition) is 4. The highest BCUT2D eigenvalue weighted by atomic mass is 16.5. The minimum absolute atomic E-state index is 0.149. The van der Waals surface area contributed by atoms with Crippen molar-refractivity contribution in [1.29, 1.82) is 0 Å². The lowest BCUT2D eigenvalue weighted by Gasteiger charge is -2.22. The molecule has 1 aromatic rings. The Morgan fingerprint density at radius 3 is 3.00 bits per heavy atom. The molecule has 5 heteroatoms. The largest absolute Gasteiger partial charge is 0.459 e. The first-order valence-corrected chi connectivity index (χ1v) is 6.92. The van der Waals surface area contributed by atoms with Crippen LogP contribution in [0.2, 0.25) is 0 Å². The monoisotopic (exact) mass is 266 g/mol. The molecular formula is C14H22N2O3. The van der Waals surface area contributed by atoms with Gasteiger partial charge in [0.25, 0.3) is 5.91 Å². The summed E-state index contributed by atoms with van der Waals surface area (Å²) in [6, 6.07) is 1.79. The first-order chi connectivity index (χ1) is 9.27. The first kappa shape index (κ1) is 14.1. The van der Waals surface area contributed by atoms with Crippen LogP contribution in [0.5, 0.6) is 0 Å². The molecule has 1 saturated heterocycles. The number of rotatable bonds is 6. The molecule has 2 N–H and O–H groups in total. The third-order valence-corrected chi connectivity index (χ3v) is 3.31. The second-order valence-corrected chi connectivity index (χ2v) is 4.86. The van der Waals surface area contributed by atoms with Crippen molar-refractivity contribution in [2.45, 2.75) is 32.3 Å². The second-order valence-electron chi connectivity index (χ2n) is 4.86. The highest BCUT2D eigenvalue weighted by Crippen LogP contribution is 2.09. The smallest absolute Gasteiger partial charge is 0.287 e. The number of ether oxygens (including phenoxy) is 1. The molecule has 1 amide bonds. The summed E-state index contributed by atoms with van der Waals surface area (Å²) < 4.78 is 10.9. The van der Waals surface area contributed by atoms with Crippen LogP contribution >= 0.6 is 0 Å². The van der Waals surface area contributed by atoms with Gasteiger partial charge in [-0.3, -0.25) is 4.79 Å². The van der Waals surface area contributed by atoms with Gasteiger partial charge in [-0.25, -0.2) is 0 Å². The maximum absolute atomic E-state index is 11.7. The molecule has 0 spiro atoms.